The van der Waals surface area contributed by atoms with Crippen molar-refractivity contribution >= 4 is 5.78 Å². The van der Waals surface area contributed by atoms with Crippen LogP contribution in [0.1, 0.15) is 71.1 Å². The largest absolute Gasteiger partial charge is 0.507 e. The highest BCUT2D eigenvalue weighted by Crippen LogP contribution is 2.40. The Labute approximate surface area is 146 Å². The van der Waals surface area contributed by atoms with Crippen LogP contribution in [0.5, 0.6) is 5.75 Å². The van der Waals surface area contributed by atoms with Gasteiger partial charge in [0.25, 0.3) is 0 Å². The minimum atomic E-state index is -0.137. The van der Waals surface area contributed by atoms with Gasteiger partial charge in [0.1, 0.15) is 5.75 Å². The second-order valence-electron chi connectivity index (χ2n) is 8.79. The summed E-state index contributed by atoms with van der Waals surface area (Å²) in [6, 6.07) is 4.14. The van der Waals surface area contributed by atoms with Gasteiger partial charge in [-0.05, 0) is 45.9 Å². The number of allylic oxidation sites excluding steroid dienone is 4. The van der Waals surface area contributed by atoms with E-state index in [0.717, 1.165) is 28.7 Å². The zero-order valence-corrected chi connectivity index (χ0v) is 15.9. The SMILES string of the molecule is CC(C)(C)c1cc(CCC(=O)C2=CC=CC2)cc(C(C)(C)C)c1O. The number of carbonyl (C=O) groups excluding carboxylic acids is 1. The Balaban J connectivity index is 2.31. The van der Waals surface area contributed by atoms with Gasteiger partial charge in [-0.3, -0.25) is 4.79 Å². The predicted octanol–water partition coefficient (Wildman–Crippen LogP) is 5.38. The van der Waals surface area contributed by atoms with E-state index in [9.17, 15) is 9.90 Å². The average molecular weight is 326 g/mol. The third kappa shape index (κ3) is 4.17. The van der Waals surface area contributed by atoms with E-state index in [1.807, 2.05) is 18.2 Å². The van der Waals surface area contributed by atoms with Crippen LogP contribution < -0.4 is 0 Å². The third-order valence-electron chi connectivity index (χ3n) is 4.56. The van der Waals surface area contributed by atoms with Crippen molar-refractivity contribution in [2.24, 2.45) is 0 Å². The summed E-state index contributed by atoms with van der Waals surface area (Å²) < 4.78 is 0. The maximum absolute atomic E-state index is 12.3. The maximum atomic E-state index is 12.3. The first kappa shape index (κ1) is 18.5. The molecule has 0 aromatic heterocycles. The molecular weight excluding hydrogens is 296 g/mol. The molecule has 0 radical (unpaired) electrons. The number of carbonyl (C=O) groups is 1. The van der Waals surface area contributed by atoms with Crippen molar-refractivity contribution in [2.45, 2.75) is 71.6 Å². The summed E-state index contributed by atoms with van der Waals surface area (Å²) in [7, 11) is 0. The molecule has 2 heteroatoms. The van der Waals surface area contributed by atoms with Crippen molar-refractivity contribution in [3.8, 4) is 5.75 Å². The van der Waals surface area contributed by atoms with Gasteiger partial charge in [0.05, 0.1) is 0 Å². The molecule has 0 spiro atoms. The number of phenolic OH excluding ortho intramolecular Hbond substituents is 1. The van der Waals surface area contributed by atoms with Crippen LogP contribution in [0.2, 0.25) is 0 Å². The van der Waals surface area contributed by atoms with E-state index in [-0.39, 0.29) is 16.6 Å². The lowest BCUT2D eigenvalue weighted by Crippen LogP contribution is -2.18. The first-order chi connectivity index (χ1) is 11.0. The second-order valence-corrected chi connectivity index (χ2v) is 8.79. The second kappa shape index (κ2) is 6.58. The molecule has 1 aromatic carbocycles. The van der Waals surface area contributed by atoms with Gasteiger partial charge in [-0.2, -0.15) is 0 Å². The Morgan fingerprint density at radius 3 is 2.00 bits per heavy atom. The lowest BCUT2D eigenvalue weighted by Gasteiger charge is -2.28. The highest BCUT2D eigenvalue weighted by Gasteiger charge is 2.26. The van der Waals surface area contributed by atoms with E-state index in [2.05, 4.69) is 53.7 Å². The Morgan fingerprint density at radius 2 is 1.58 bits per heavy atom. The molecule has 0 amide bonds. The molecule has 0 fully saturated rings. The third-order valence-corrected chi connectivity index (χ3v) is 4.56. The van der Waals surface area contributed by atoms with Gasteiger partial charge >= 0.3 is 0 Å². The van der Waals surface area contributed by atoms with Gasteiger partial charge in [0.2, 0.25) is 0 Å². The normalized spacial score (nSPS) is 14.8. The van der Waals surface area contributed by atoms with Crippen LogP contribution in [-0.2, 0) is 22.0 Å². The number of aryl methyl sites for hydroxylation is 1. The molecule has 0 bridgehead atoms. The van der Waals surface area contributed by atoms with E-state index in [0.29, 0.717) is 18.6 Å². The number of aromatic hydroxyl groups is 1. The van der Waals surface area contributed by atoms with E-state index >= 15 is 0 Å². The van der Waals surface area contributed by atoms with Crippen molar-refractivity contribution in [1.82, 2.24) is 0 Å². The molecule has 0 saturated heterocycles. The van der Waals surface area contributed by atoms with Gasteiger partial charge in [-0.15, -0.1) is 0 Å². The number of phenols is 1. The quantitative estimate of drug-likeness (QED) is 0.807. The molecule has 0 saturated carbocycles. The van der Waals surface area contributed by atoms with E-state index < -0.39 is 0 Å². The number of Topliss-reactive ketones (excluding diaryl/α,β-unsaturated/α-hetero) is 1. The molecule has 0 unspecified atom stereocenters. The van der Waals surface area contributed by atoms with Gasteiger partial charge in [0.15, 0.2) is 5.78 Å². The Hall–Kier alpha value is -1.83. The molecule has 0 heterocycles. The summed E-state index contributed by atoms with van der Waals surface area (Å²) >= 11 is 0. The molecule has 1 aliphatic carbocycles. The van der Waals surface area contributed by atoms with Crippen LogP contribution in [0.3, 0.4) is 0 Å². The fourth-order valence-corrected chi connectivity index (χ4v) is 3.05. The van der Waals surface area contributed by atoms with E-state index in [1.165, 1.54) is 0 Å². The van der Waals surface area contributed by atoms with Crippen molar-refractivity contribution < 1.29 is 9.90 Å². The van der Waals surface area contributed by atoms with Gasteiger partial charge in [-0.1, -0.05) is 71.9 Å². The summed E-state index contributed by atoms with van der Waals surface area (Å²) in [5, 5.41) is 10.8. The lowest BCUT2D eigenvalue weighted by molar-refractivity contribution is -0.115. The van der Waals surface area contributed by atoms with Gasteiger partial charge in [-0.25, -0.2) is 0 Å². The number of ketones is 1. The summed E-state index contributed by atoms with van der Waals surface area (Å²) in [5.74, 6) is 0.621. The van der Waals surface area contributed by atoms with Crippen molar-refractivity contribution in [3.63, 3.8) is 0 Å². The Morgan fingerprint density at radius 1 is 1.04 bits per heavy atom. The van der Waals surface area contributed by atoms with E-state index in [4.69, 9.17) is 0 Å². The first-order valence-corrected chi connectivity index (χ1v) is 8.76. The molecule has 0 atom stereocenters. The van der Waals surface area contributed by atoms with Crippen LogP contribution in [0, 0.1) is 0 Å². The highest BCUT2D eigenvalue weighted by molar-refractivity contribution is 5.96. The van der Waals surface area contributed by atoms with Crippen LogP contribution >= 0.6 is 0 Å². The number of rotatable bonds is 4. The Bertz CT molecular complexity index is 657. The van der Waals surface area contributed by atoms with Gasteiger partial charge < -0.3 is 5.11 Å². The van der Waals surface area contributed by atoms with E-state index in [1.54, 1.807) is 0 Å². The van der Waals surface area contributed by atoms with Gasteiger partial charge in [0, 0.05) is 6.42 Å². The first-order valence-electron chi connectivity index (χ1n) is 8.76. The van der Waals surface area contributed by atoms with Crippen LogP contribution in [0.15, 0.2) is 35.9 Å². The van der Waals surface area contributed by atoms with Crippen molar-refractivity contribution in [1.29, 1.82) is 0 Å². The van der Waals surface area contributed by atoms with Crippen LogP contribution in [0.25, 0.3) is 0 Å². The minimum Gasteiger partial charge on any atom is -0.507 e. The standard InChI is InChI=1S/C22H30O2/c1-21(2,3)17-13-15(14-18(20(17)24)22(4,5)6)11-12-19(23)16-9-7-8-10-16/h7-9,13-14,24H,10-12H2,1-6H3. The number of hydrogen-bond acceptors (Lipinski definition) is 2. The maximum Gasteiger partial charge on any atom is 0.159 e. The Kier molecular flexibility index (Phi) is 5.08. The monoisotopic (exact) mass is 326 g/mol. The molecule has 1 aromatic rings. The van der Waals surface area contributed by atoms with Crippen LogP contribution in [0.4, 0.5) is 0 Å². The topological polar surface area (TPSA) is 37.3 Å². The molecule has 2 nitrogen and oxygen atoms in total. The fourth-order valence-electron chi connectivity index (χ4n) is 3.05. The smallest absolute Gasteiger partial charge is 0.159 e. The molecule has 2 rings (SSSR count). The molecule has 1 N–H and O–H groups in total. The zero-order chi connectivity index (χ0) is 18.1. The fraction of sp³-hybridized carbons (Fsp3) is 0.500. The zero-order valence-electron chi connectivity index (χ0n) is 15.9. The van der Waals surface area contributed by atoms with Crippen molar-refractivity contribution in [2.75, 3.05) is 0 Å². The summed E-state index contributed by atoms with van der Waals surface area (Å²) in [6.45, 7) is 12.7. The minimum absolute atomic E-state index is 0.137. The molecule has 130 valence electrons. The summed E-state index contributed by atoms with van der Waals surface area (Å²) in [4.78, 5) is 12.3. The average Bonchev–Trinajstić information content (AvgIpc) is 2.97. The number of benzene rings is 1. The molecular formula is C22H30O2. The summed E-state index contributed by atoms with van der Waals surface area (Å²) in [6.07, 6.45) is 7.87. The highest BCUT2D eigenvalue weighted by atomic mass is 16.3. The lowest BCUT2D eigenvalue weighted by atomic mass is 9.78. The van der Waals surface area contributed by atoms with Crippen LogP contribution in [-0.4, -0.2) is 10.9 Å². The molecule has 1 aliphatic rings. The molecule has 24 heavy (non-hydrogen) atoms. The summed E-state index contributed by atoms with van der Waals surface area (Å²) in [5.41, 5.74) is 3.67. The molecule has 0 aliphatic heterocycles. The predicted molar refractivity (Wildman–Crippen MR) is 101 cm³/mol. The van der Waals surface area contributed by atoms with Crippen molar-refractivity contribution in [3.05, 3.63) is 52.6 Å². The number of hydrogen-bond donors (Lipinski definition) is 1.